The van der Waals surface area contributed by atoms with E-state index in [-0.39, 0.29) is 98.6 Å². The number of hydrogen-bond acceptors (Lipinski definition) is 0. The second-order valence-electron chi connectivity index (χ2n) is 0. The van der Waals surface area contributed by atoms with Gasteiger partial charge in [-0.1, -0.05) is 0 Å². The number of rotatable bonds is 0. The third kappa shape index (κ3) is 20.7. The van der Waals surface area contributed by atoms with E-state index in [1.807, 2.05) is 0 Å². The molecule has 0 aliphatic heterocycles. The predicted molar refractivity (Wildman–Crippen MR) is 15.6 cm³/mol. The molecule has 0 aromatic heterocycles. The fourth-order valence-corrected chi connectivity index (χ4v) is 0. The topological polar surface area (TPSA) is 63.0 Å². The van der Waals surface area contributed by atoms with Gasteiger partial charge in [0.05, 0.1) is 0 Å². The smallest absolute Gasteiger partial charge is 1.00 e. The maximum Gasteiger partial charge on any atom is 1.00 e. The molecule has 37 valence electrons. The summed E-state index contributed by atoms with van der Waals surface area (Å²) in [5.74, 6) is 0. The van der Waals surface area contributed by atoms with Gasteiger partial charge in [0.1, 0.15) is 0 Å². The number of halogens is 1. The minimum atomic E-state index is 0. The first-order valence-corrected chi connectivity index (χ1v) is 0. The van der Waals surface area contributed by atoms with Crippen LogP contribution in [0, 0.1) is 0 Å². The van der Waals surface area contributed by atoms with E-state index in [4.69, 9.17) is 0 Å². The summed E-state index contributed by atoms with van der Waals surface area (Å²) in [6.45, 7) is 0. The Balaban J connectivity index is 0. The molecule has 0 spiro atoms. The molecule has 0 aromatic rings. The van der Waals surface area contributed by atoms with Crippen molar-refractivity contribution in [2.45, 2.75) is 0 Å². The largest absolute Gasteiger partial charge is 1.00 e. The van der Waals surface area contributed by atoms with Crippen molar-refractivity contribution in [3.05, 3.63) is 0 Å². The van der Waals surface area contributed by atoms with Crippen LogP contribution in [0.4, 0.5) is 0 Å². The Morgan fingerprint density at radius 2 is 1.00 bits per heavy atom. The van der Waals surface area contributed by atoms with Crippen molar-refractivity contribution in [3.8, 4) is 0 Å². The van der Waals surface area contributed by atoms with E-state index < -0.39 is 0 Å². The Morgan fingerprint density at radius 3 is 1.00 bits per heavy atom. The van der Waals surface area contributed by atoms with E-state index in [1.165, 1.54) is 0 Å². The molecule has 0 bridgehead atoms. The van der Waals surface area contributed by atoms with Gasteiger partial charge in [-0.3, -0.25) is 0 Å². The van der Waals surface area contributed by atoms with Crippen LogP contribution in [0.5, 0.6) is 0 Å². The monoisotopic (exact) mass is 309 g/mol. The van der Waals surface area contributed by atoms with Gasteiger partial charge in [-0.05, 0) is 0 Å². The molecule has 5 heavy (non-hydrogen) atoms. The van der Waals surface area contributed by atoms with E-state index in [2.05, 4.69) is 0 Å². The minimum Gasteiger partial charge on any atom is -1.00 e. The van der Waals surface area contributed by atoms with Gasteiger partial charge >= 0.3 is 51.4 Å². The first-order chi connectivity index (χ1) is 0. The SMILES string of the molecule is Cl.O.O.[Au].[H-].[K+]. The van der Waals surface area contributed by atoms with Gasteiger partial charge in [-0.2, -0.15) is 0 Å². The van der Waals surface area contributed by atoms with Crippen LogP contribution in [-0.2, 0) is 22.4 Å². The van der Waals surface area contributed by atoms with Crippen molar-refractivity contribution in [2.75, 3.05) is 0 Å². The van der Waals surface area contributed by atoms with E-state index in [0.29, 0.717) is 0 Å². The van der Waals surface area contributed by atoms with Crippen LogP contribution in [0.2, 0.25) is 0 Å². The molecule has 0 aromatic carbocycles. The molecule has 0 amide bonds. The van der Waals surface area contributed by atoms with Crippen LogP contribution < -0.4 is 51.4 Å². The van der Waals surface area contributed by atoms with E-state index in [1.54, 1.807) is 0 Å². The minimum absolute atomic E-state index is 0. The Labute approximate surface area is 96.5 Å². The van der Waals surface area contributed by atoms with E-state index in [9.17, 15) is 0 Å². The zero-order chi connectivity index (χ0) is 0. The van der Waals surface area contributed by atoms with Gasteiger partial charge in [0.2, 0.25) is 0 Å². The van der Waals surface area contributed by atoms with Crippen molar-refractivity contribution in [1.29, 1.82) is 0 Å². The molecule has 4 N–H and O–H groups in total. The first-order valence-electron chi connectivity index (χ1n) is 0. The quantitative estimate of drug-likeness (QED) is 0.408. The fraction of sp³-hybridized carbons (Fsp3) is 0. The van der Waals surface area contributed by atoms with Gasteiger partial charge in [0.15, 0.2) is 0 Å². The summed E-state index contributed by atoms with van der Waals surface area (Å²) in [6, 6.07) is 0. The molecule has 0 saturated carbocycles. The molecule has 0 rings (SSSR count). The molecule has 0 aliphatic rings. The second-order valence-corrected chi connectivity index (χ2v) is 0. The van der Waals surface area contributed by atoms with Crippen molar-refractivity contribution in [2.24, 2.45) is 0 Å². The van der Waals surface area contributed by atoms with Gasteiger partial charge < -0.3 is 12.4 Å². The van der Waals surface area contributed by atoms with Crippen molar-refractivity contribution < 1.29 is 86.1 Å². The Kier molecular flexibility index (Phi) is 302. The summed E-state index contributed by atoms with van der Waals surface area (Å²) in [6.07, 6.45) is 0. The summed E-state index contributed by atoms with van der Waals surface area (Å²) in [4.78, 5) is 0. The Morgan fingerprint density at radius 1 is 1.00 bits per heavy atom. The predicted octanol–water partition coefficient (Wildman–Crippen LogP) is -4.11. The molecule has 2 nitrogen and oxygen atoms in total. The molecular formula is H6AuClKO2. The average molecular weight is 310 g/mol. The fourth-order valence-electron chi connectivity index (χ4n) is 0. The molecule has 0 aliphatic carbocycles. The Hall–Kier alpha value is 2.59. The third-order valence-electron chi connectivity index (χ3n) is 0. The molecule has 0 unspecified atom stereocenters. The summed E-state index contributed by atoms with van der Waals surface area (Å²) in [5.41, 5.74) is 0. The molecule has 0 saturated heterocycles. The molecular weight excluding hydrogens is 304 g/mol. The summed E-state index contributed by atoms with van der Waals surface area (Å²) >= 11 is 0. The van der Waals surface area contributed by atoms with Gasteiger partial charge in [-0.25, -0.2) is 0 Å². The van der Waals surface area contributed by atoms with Gasteiger partial charge in [0.25, 0.3) is 0 Å². The Bertz CT molecular complexity index is 13.5. The van der Waals surface area contributed by atoms with Crippen LogP contribution in [0.1, 0.15) is 1.43 Å². The average Bonchev–Trinajstić information content (AvgIpc) is 0. The number of hydrogen-bond donors (Lipinski definition) is 0. The maximum atomic E-state index is 0. The molecule has 0 atom stereocenters. The normalized spacial score (nSPS) is 0. The van der Waals surface area contributed by atoms with Crippen molar-refractivity contribution in [3.63, 3.8) is 0 Å². The van der Waals surface area contributed by atoms with Gasteiger partial charge in [-0.15, -0.1) is 12.4 Å². The van der Waals surface area contributed by atoms with Crippen LogP contribution in [-0.4, -0.2) is 11.0 Å². The zero-order valence-corrected chi connectivity index (χ0v) is 8.82. The molecule has 5 heteroatoms. The third-order valence-corrected chi connectivity index (χ3v) is 0. The zero-order valence-electron chi connectivity index (χ0n) is 3.71. The first kappa shape index (κ1) is 49.2. The molecule has 0 fully saturated rings. The van der Waals surface area contributed by atoms with Crippen LogP contribution >= 0.6 is 12.4 Å². The van der Waals surface area contributed by atoms with Crippen molar-refractivity contribution in [1.82, 2.24) is 0 Å². The van der Waals surface area contributed by atoms with Crippen molar-refractivity contribution >= 4 is 12.4 Å². The summed E-state index contributed by atoms with van der Waals surface area (Å²) in [7, 11) is 0. The van der Waals surface area contributed by atoms with E-state index in [0.717, 1.165) is 0 Å². The second kappa shape index (κ2) is 30.7. The maximum absolute atomic E-state index is 0. The standard InChI is InChI=1S/Au.ClH.K.2H2O.H/h;1H;;2*1H2;/q;;+1;;;-1. The summed E-state index contributed by atoms with van der Waals surface area (Å²) < 4.78 is 0. The van der Waals surface area contributed by atoms with E-state index >= 15 is 0 Å². The van der Waals surface area contributed by atoms with Crippen LogP contribution in [0.15, 0.2) is 0 Å². The van der Waals surface area contributed by atoms with Crippen LogP contribution in [0.25, 0.3) is 0 Å². The molecule has 1 radical (unpaired) electrons. The molecule has 0 heterocycles. The summed E-state index contributed by atoms with van der Waals surface area (Å²) in [5, 5.41) is 0. The van der Waals surface area contributed by atoms with Gasteiger partial charge in [0, 0.05) is 22.4 Å². The van der Waals surface area contributed by atoms with Crippen LogP contribution in [0.3, 0.4) is 0 Å².